The van der Waals surface area contributed by atoms with Gasteiger partial charge in [-0.15, -0.1) is 0 Å². The lowest BCUT2D eigenvalue weighted by molar-refractivity contribution is 0.104. The van der Waals surface area contributed by atoms with Crippen LogP contribution in [0.4, 0.5) is 0 Å². The van der Waals surface area contributed by atoms with Crippen molar-refractivity contribution in [3.8, 4) is 0 Å². The van der Waals surface area contributed by atoms with Gasteiger partial charge in [0.05, 0.1) is 12.1 Å². The van der Waals surface area contributed by atoms with Crippen molar-refractivity contribution in [3.05, 3.63) is 94.8 Å². The third-order valence-corrected chi connectivity index (χ3v) is 7.84. The van der Waals surface area contributed by atoms with Crippen LogP contribution in [0.3, 0.4) is 0 Å². The molecule has 1 fully saturated rings. The molecule has 36 heavy (non-hydrogen) atoms. The molecule has 4 rings (SSSR count). The predicted molar refractivity (Wildman–Crippen MR) is 152 cm³/mol. The zero-order valence-corrected chi connectivity index (χ0v) is 22.9. The highest BCUT2D eigenvalue weighted by Gasteiger charge is 2.27. The number of rotatable bonds is 10. The molecule has 1 saturated heterocycles. The van der Waals surface area contributed by atoms with Crippen LogP contribution in [-0.4, -0.2) is 79.6 Å². The molecule has 2 aromatic carbocycles. The number of likely N-dealkylation sites (N-methyl/N-ethyl adjacent to an activating group) is 1. The first-order valence-electron chi connectivity index (χ1n) is 13.1. The Hall–Kier alpha value is -2.31. The SMILES string of the molecule is C=C(NC(Cc1ccc(Cl)cc1)C(=C)N1CCN(C(C)CN(C)C)CC1)C1Cc2ccccc2CN1. The smallest absolute Gasteiger partial charge is 0.0693 e. The Morgan fingerprint density at radius 3 is 2.39 bits per heavy atom. The Balaban J connectivity index is 1.43. The van der Waals surface area contributed by atoms with Crippen LogP contribution in [0.15, 0.2) is 73.1 Å². The van der Waals surface area contributed by atoms with Crippen LogP contribution in [0.25, 0.3) is 0 Å². The maximum atomic E-state index is 6.16. The van der Waals surface area contributed by atoms with Gasteiger partial charge in [-0.05, 0) is 62.7 Å². The van der Waals surface area contributed by atoms with Gasteiger partial charge in [-0.2, -0.15) is 0 Å². The molecular formula is C30H42ClN5. The first-order valence-corrected chi connectivity index (χ1v) is 13.5. The molecule has 0 aliphatic carbocycles. The first-order chi connectivity index (χ1) is 17.3. The van der Waals surface area contributed by atoms with Crippen molar-refractivity contribution < 1.29 is 0 Å². The number of piperazine rings is 1. The van der Waals surface area contributed by atoms with E-state index >= 15 is 0 Å². The molecule has 194 valence electrons. The molecule has 0 amide bonds. The molecule has 0 saturated carbocycles. The highest BCUT2D eigenvalue weighted by molar-refractivity contribution is 6.30. The van der Waals surface area contributed by atoms with Crippen LogP contribution < -0.4 is 10.6 Å². The van der Waals surface area contributed by atoms with Gasteiger partial charge in [0.2, 0.25) is 0 Å². The minimum atomic E-state index is 0.0726. The molecule has 2 aliphatic rings. The molecule has 0 radical (unpaired) electrons. The number of halogens is 1. The molecule has 0 spiro atoms. The lowest BCUT2D eigenvalue weighted by atomic mass is 9.93. The second kappa shape index (κ2) is 12.3. The fraction of sp³-hybridized carbons (Fsp3) is 0.467. The molecule has 2 N–H and O–H groups in total. The third-order valence-electron chi connectivity index (χ3n) is 7.59. The molecule has 0 aromatic heterocycles. The van der Waals surface area contributed by atoms with Crippen LogP contribution in [0.5, 0.6) is 0 Å². The number of hydrogen-bond donors (Lipinski definition) is 2. The number of hydrogen-bond acceptors (Lipinski definition) is 5. The normalized spacial score (nSPS) is 20.0. The fourth-order valence-electron chi connectivity index (χ4n) is 5.45. The van der Waals surface area contributed by atoms with Crippen LogP contribution in [0.2, 0.25) is 5.02 Å². The molecular weight excluding hydrogens is 466 g/mol. The molecule has 2 heterocycles. The summed E-state index contributed by atoms with van der Waals surface area (Å²) >= 11 is 6.16. The third kappa shape index (κ3) is 6.92. The highest BCUT2D eigenvalue weighted by Crippen LogP contribution is 2.22. The van der Waals surface area contributed by atoms with E-state index < -0.39 is 0 Å². The number of nitrogens with one attached hydrogen (secondary N) is 2. The van der Waals surface area contributed by atoms with Crippen LogP contribution in [0, 0.1) is 0 Å². The topological polar surface area (TPSA) is 33.8 Å². The van der Waals surface area contributed by atoms with Crippen molar-refractivity contribution >= 4 is 11.6 Å². The minimum Gasteiger partial charge on any atom is -0.379 e. The summed E-state index contributed by atoms with van der Waals surface area (Å²) in [6.45, 7) is 17.5. The minimum absolute atomic E-state index is 0.0726. The lowest BCUT2D eigenvalue weighted by Gasteiger charge is -2.42. The van der Waals surface area contributed by atoms with E-state index in [0.29, 0.717) is 6.04 Å². The zero-order chi connectivity index (χ0) is 25.7. The first kappa shape index (κ1) is 26.7. The molecule has 6 heteroatoms. The fourth-order valence-corrected chi connectivity index (χ4v) is 5.57. The average molecular weight is 508 g/mol. The van der Waals surface area contributed by atoms with E-state index in [9.17, 15) is 0 Å². The molecule has 0 bridgehead atoms. The maximum Gasteiger partial charge on any atom is 0.0693 e. The van der Waals surface area contributed by atoms with Gasteiger partial charge in [-0.3, -0.25) is 4.90 Å². The Kier molecular flexibility index (Phi) is 9.13. The van der Waals surface area contributed by atoms with E-state index in [1.54, 1.807) is 0 Å². The number of benzene rings is 2. The number of nitrogens with zero attached hydrogens (tertiary/aromatic N) is 3. The van der Waals surface area contributed by atoms with E-state index in [1.165, 1.54) is 16.7 Å². The van der Waals surface area contributed by atoms with E-state index in [-0.39, 0.29) is 12.1 Å². The summed E-state index contributed by atoms with van der Waals surface area (Å²) in [5.41, 5.74) is 6.20. The molecule has 2 aromatic rings. The van der Waals surface area contributed by atoms with Crippen LogP contribution in [0.1, 0.15) is 23.6 Å². The summed E-state index contributed by atoms with van der Waals surface area (Å²) in [6, 6.07) is 17.7. The molecule has 5 nitrogen and oxygen atoms in total. The lowest BCUT2D eigenvalue weighted by Crippen LogP contribution is -2.53. The van der Waals surface area contributed by atoms with Crippen molar-refractivity contribution in [1.82, 2.24) is 25.3 Å². The Morgan fingerprint density at radius 1 is 1.06 bits per heavy atom. The van der Waals surface area contributed by atoms with E-state index in [4.69, 9.17) is 11.6 Å². The summed E-state index contributed by atoms with van der Waals surface area (Å²) in [4.78, 5) is 7.32. The number of fused-ring (bicyclic) bond motifs is 1. The average Bonchev–Trinajstić information content (AvgIpc) is 2.88. The van der Waals surface area contributed by atoms with Gasteiger partial charge in [-0.25, -0.2) is 0 Å². The summed E-state index contributed by atoms with van der Waals surface area (Å²) in [6.07, 6.45) is 1.79. The van der Waals surface area contributed by atoms with Gasteiger partial charge < -0.3 is 20.4 Å². The Morgan fingerprint density at radius 2 is 1.72 bits per heavy atom. The van der Waals surface area contributed by atoms with E-state index in [1.807, 2.05) is 12.1 Å². The van der Waals surface area contributed by atoms with Gasteiger partial charge in [0.15, 0.2) is 0 Å². The second-order valence-corrected chi connectivity index (χ2v) is 11.0. The molecule has 3 atom stereocenters. The highest BCUT2D eigenvalue weighted by atomic mass is 35.5. The van der Waals surface area contributed by atoms with E-state index in [0.717, 1.165) is 68.5 Å². The monoisotopic (exact) mass is 507 g/mol. The van der Waals surface area contributed by atoms with Gasteiger partial charge in [0, 0.05) is 61.7 Å². The quantitative estimate of drug-likeness (QED) is 0.505. The van der Waals surface area contributed by atoms with Crippen LogP contribution in [-0.2, 0) is 19.4 Å². The summed E-state index contributed by atoms with van der Waals surface area (Å²) < 4.78 is 0. The largest absolute Gasteiger partial charge is 0.379 e. The molecule has 3 unspecified atom stereocenters. The van der Waals surface area contributed by atoms with Crippen molar-refractivity contribution in [2.24, 2.45) is 0 Å². The van der Waals surface area contributed by atoms with Crippen molar-refractivity contribution in [1.29, 1.82) is 0 Å². The van der Waals surface area contributed by atoms with Gasteiger partial charge in [0.1, 0.15) is 0 Å². The van der Waals surface area contributed by atoms with Gasteiger partial charge in [0.25, 0.3) is 0 Å². The van der Waals surface area contributed by atoms with Gasteiger partial charge >= 0.3 is 0 Å². The molecule has 2 aliphatic heterocycles. The van der Waals surface area contributed by atoms with E-state index in [2.05, 4.69) is 95.9 Å². The second-order valence-electron chi connectivity index (χ2n) is 10.6. The predicted octanol–water partition coefficient (Wildman–Crippen LogP) is 4.15. The summed E-state index contributed by atoms with van der Waals surface area (Å²) in [5.74, 6) is 0. The Labute approximate surface area is 222 Å². The Bertz CT molecular complexity index is 1030. The van der Waals surface area contributed by atoms with Crippen molar-refractivity contribution in [2.75, 3.05) is 46.8 Å². The van der Waals surface area contributed by atoms with Crippen LogP contribution >= 0.6 is 11.6 Å². The standard InChI is InChI=1S/C30H42ClN5/c1-22(21-34(4)5)35-14-16-36(17-15-35)24(3)30(18-25-10-12-28(31)13-11-25)33-23(2)29-19-26-8-6-7-9-27(26)20-32-29/h6-13,22,29-30,32-33H,2-3,14-21H2,1,4-5H3. The summed E-state index contributed by atoms with van der Waals surface area (Å²) in [5, 5.41) is 8.22. The maximum absolute atomic E-state index is 6.16. The zero-order valence-electron chi connectivity index (χ0n) is 22.1. The summed E-state index contributed by atoms with van der Waals surface area (Å²) in [7, 11) is 4.29. The van der Waals surface area contributed by atoms with Gasteiger partial charge in [-0.1, -0.05) is 61.2 Å². The van der Waals surface area contributed by atoms with Crippen molar-refractivity contribution in [3.63, 3.8) is 0 Å². The van der Waals surface area contributed by atoms with Crippen molar-refractivity contribution in [2.45, 2.75) is 44.4 Å².